The minimum Gasteiger partial charge on any atom is -0.479 e. The van der Waals surface area contributed by atoms with Gasteiger partial charge in [0.1, 0.15) is 43.1 Å². The molecule has 5 atom stereocenters. The summed E-state index contributed by atoms with van der Waals surface area (Å²) in [5.41, 5.74) is 1.19. The molecule has 1 aliphatic rings. The molecule has 1 aliphatic heterocycles. The van der Waals surface area contributed by atoms with Crippen LogP contribution in [0.2, 0.25) is 0 Å². The number of carboxylic acid groups (broad SMARTS) is 1. The molecular formula is C41H60N6O13. The smallest absolute Gasteiger partial charge is 0.410 e. The van der Waals surface area contributed by atoms with Crippen molar-refractivity contribution in [3.8, 4) is 17.6 Å². The van der Waals surface area contributed by atoms with E-state index in [1.54, 1.807) is 17.3 Å². The summed E-state index contributed by atoms with van der Waals surface area (Å²) in [6.45, 7) is 9.66. The van der Waals surface area contributed by atoms with Gasteiger partial charge in [0.05, 0.1) is 31.1 Å². The summed E-state index contributed by atoms with van der Waals surface area (Å²) in [4.78, 5) is 61.9. The van der Waals surface area contributed by atoms with Crippen molar-refractivity contribution in [1.82, 2.24) is 25.1 Å². The maximum Gasteiger partial charge on any atom is 0.410 e. The number of hydrogen-bond acceptors (Lipinski definition) is 15. The fraction of sp³-hybridized carbons (Fsp3) is 0.610. The first-order valence-corrected chi connectivity index (χ1v) is 19.9. The van der Waals surface area contributed by atoms with Crippen LogP contribution in [0.5, 0.6) is 5.75 Å². The van der Waals surface area contributed by atoms with Crippen LogP contribution in [-0.2, 0) is 39.9 Å². The number of carbonyl (C=O) groups excluding carboxylic acids is 3. The van der Waals surface area contributed by atoms with Crippen molar-refractivity contribution in [1.29, 1.82) is 0 Å². The molecule has 0 aliphatic carbocycles. The van der Waals surface area contributed by atoms with Gasteiger partial charge < -0.3 is 64.5 Å². The monoisotopic (exact) mass is 844 g/mol. The highest BCUT2D eigenvalue weighted by Gasteiger charge is 2.48. The number of unbranched alkanes of at least 4 members (excludes halogenated alkanes) is 1. The predicted octanol–water partition coefficient (Wildman–Crippen LogP) is 1.34. The van der Waals surface area contributed by atoms with Gasteiger partial charge in [0.15, 0.2) is 6.10 Å². The molecule has 0 saturated carbocycles. The Bertz CT molecular complexity index is 1730. The van der Waals surface area contributed by atoms with E-state index in [0.717, 1.165) is 11.4 Å². The molecule has 6 N–H and O–H groups in total. The average Bonchev–Trinajstić information content (AvgIpc) is 3.20. The number of nitrogens with zero attached hydrogens (tertiary/aromatic N) is 4. The second kappa shape index (κ2) is 25.6. The van der Waals surface area contributed by atoms with E-state index < -0.39 is 55.3 Å². The SMILES string of the molecule is CC(C)CN(CCN(C)C)C(=O)OCc1ccc(O[C@@H]2O[C@H](C(=O)O)[C@@H](O)[C@H](O)[C@H]2O)c(NC(=O)COCCOCCNC(=O)CCCC#Cc2cnc(C(C)C)nc2)c1. The van der Waals surface area contributed by atoms with E-state index in [0.29, 0.717) is 44.5 Å². The molecule has 0 spiro atoms. The summed E-state index contributed by atoms with van der Waals surface area (Å²) in [6.07, 6.45) is -5.06. The lowest BCUT2D eigenvalue weighted by Gasteiger charge is -2.38. The van der Waals surface area contributed by atoms with Crippen molar-refractivity contribution in [3.63, 3.8) is 0 Å². The van der Waals surface area contributed by atoms with Crippen molar-refractivity contribution in [2.45, 2.75) is 90.2 Å². The standard InChI is InChI=1S/C41H60N6O13/c1-26(2)23-47(16-15-46(5)6)41(55)58-24-28-12-13-31(59-40-36(52)34(50)35(51)37(60-40)39(53)54)30(20-28)45-33(49)25-57-19-18-56-17-14-42-32(48)11-9-7-8-10-29-21-43-38(27(3)4)44-22-29/h12-13,20-22,26-27,34-37,40,50-52H,7,9,11,14-19,23-25H2,1-6H3,(H,42,48)(H,45,49)(H,53,54)/t34-,35-,36+,37-,40+/m0/s1. The molecule has 3 rings (SSSR count). The first-order chi connectivity index (χ1) is 28.5. The van der Waals surface area contributed by atoms with Gasteiger partial charge in [-0.15, -0.1) is 0 Å². The Labute approximate surface area is 350 Å². The second-order valence-corrected chi connectivity index (χ2v) is 15.1. The van der Waals surface area contributed by atoms with Crippen LogP contribution in [0.15, 0.2) is 30.6 Å². The van der Waals surface area contributed by atoms with Gasteiger partial charge in [-0.05, 0) is 44.1 Å². The van der Waals surface area contributed by atoms with E-state index in [1.165, 1.54) is 18.2 Å². The molecule has 0 bridgehead atoms. The first-order valence-electron chi connectivity index (χ1n) is 19.9. The molecule has 1 aromatic heterocycles. The molecule has 3 amide bonds. The van der Waals surface area contributed by atoms with Crippen LogP contribution in [0, 0.1) is 17.8 Å². The number of hydrogen-bond donors (Lipinski definition) is 6. The summed E-state index contributed by atoms with van der Waals surface area (Å²) < 4.78 is 27.5. The minimum atomic E-state index is -1.93. The maximum absolute atomic E-state index is 13.0. The number of likely N-dealkylation sites (N-methyl/N-ethyl adjacent to an activating group) is 1. The molecular weight excluding hydrogens is 784 g/mol. The number of anilines is 1. The van der Waals surface area contributed by atoms with Gasteiger partial charge in [0.25, 0.3) is 0 Å². The Morgan fingerprint density at radius 2 is 1.65 bits per heavy atom. The lowest BCUT2D eigenvalue weighted by Crippen LogP contribution is -2.61. The molecule has 1 aromatic carbocycles. The number of aliphatic carboxylic acids is 1. The first kappa shape index (κ1) is 49.4. The highest BCUT2D eigenvalue weighted by atomic mass is 16.7. The Morgan fingerprint density at radius 1 is 0.933 bits per heavy atom. The molecule has 2 heterocycles. The van der Waals surface area contributed by atoms with Crippen LogP contribution in [-0.4, -0.2) is 161 Å². The normalized spacial score (nSPS) is 18.8. The number of aromatic nitrogens is 2. The van der Waals surface area contributed by atoms with E-state index in [2.05, 4.69) is 32.4 Å². The van der Waals surface area contributed by atoms with Crippen LogP contribution in [0.3, 0.4) is 0 Å². The lowest BCUT2D eigenvalue weighted by molar-refractivity contribution is -0.271. The number of amides is 3. The fourth-order valence-corrected chi connectivity index (χ4v) is 5.52. The third-order valence-electron chi connectivity index (χ3n) is 8.70. The molecule has 2 aromatic rings. The fourth-order valence-electron chi connectivity index (χ4n) is 5.52. The van der Waals surface area contributed by atoms with E-state index >= 15 is 0 Å². The molecule has 19 heteroatoms. The minimum absolute atomic E-state index is 0.0251. The second-order valence-electron chi connectivity index (χ2n) is 15.1. The Hall–Kier alpha value is -4.94. The summed E-state index contributed by atoms with van der Waals surface area (Å²) in [5, 5.41) is 45.7. The molecule has 60 heavy (non-hydrogen) atoms. The number of aliphatic hydroxyl groups is 3. The van der Waals surface area contributed by atoms with Gasteiger partial charge in [-0.25, -0.2) is 19.6 Å². The number of benzene rings is 1. The van der Waals surface area contributed by atoms with Gasteiger partial charge in [-0.2, -0.15) is 0 Å². The summed E-state index contributed by atoms with van der Waals surface area (Å²) in [7, 11) is 3.80. The number of ether oxygens (including phenoxy) is 5. The van der Waals surface area contributed by atoms with Crippen molar-refractivity contribution >= 4 is 29.6 Å². The van der Waals surface area contributed by atoms with Crippen LogP contribution in [0.25, 0.3) is 0 Å². The van der Waals surface area contributed by atoms with Crippen molar-refractivity contribution in [3.05, 3.63) is 47.5 Å². The van der Waals surface area contributed by atoms with Crippen LogP contribution in [0.1, 0.15) is 69.8 Å². The number of nitrogens with one attached hydrogen (secondary N) is 2. The number of carboxylic acids is 1. The predicted molar refractivity (Wildman–Crippen MR) is 217 cm³/mol. The zero-order valence-corrected chi connectivity index (χ0v) is 35.2. The quantitative estimate of drug-likeness (QED) is 0.0682. The van der Waals surface area contributed by atoms with Crippen LogP contribution >= 0.6 is 0 Å². The van der Waals surface area contributed by atoms with Crippen molar-refractivity contribution in [2.75, 3.05) is 72.0 Å². The van der Waals surface area contributed by atoms with Crippen LogP contribution < -0.4 is 15.4 Å². The number of aliphatic hydroxyl groups excluding tert-OH is 3. The van der Waals surface area contributed by atoms with E-state index in [-0.39, 0.29) is 62.2 Å². The third kappa shape index (κ3) is 17.3. The molecule has 0 unspecified atom stereocenters. The van der Waals surface area contributed by atoms with E-state index in [9.17, 15) is 39.6 Å². The van der Waals surface area contributed by atoms with Crippen molar-refractivity contribution < 1.29 is 63.3 Å². The Morgan fingerprint density at radius 3 is 2.32 bits per heavy atom. The summed E-state index contributed by atoms with van der Waals surface area (Å²) >= 11 is 0. The third-order valence-corrected chi connectivity index (χ3v) is 8.70. The Balaban J connectivity index is 1.48. The number of carbonyl (C=O) groups is 4. The molecule has 1 fully saturated rings. The van der Waals surface area contributed by atoms with Gasteiger partial charge in [-0.1, -0.05) is 45.6 Å². The topological polar surface area (TPSA) is 252 Å². The van der Waals surface area contributed by atoms with E-state index in [4.69, 9.17) is 23.7 Å². The zero-order valence-electron chi connectivity index (χ0n) is 35.2. The number of rotatable bonds is 23. The summed E-state index contributed by atoms with van der Waals surface area (Å²) in [6, 6.07) is 4.36. The molecule has 0 radical (unpaired) electrons. The van der Waals surface area contributed by atoms with Gasteiger partial charge in [0.2, 0.25) is 18.1 Å². The lowest BCUT2D eigenvalue weighted by atomic mass is 9.99. The highest BCUT2D eigenvalue weighted by Crippen LogP contribution is 2.31. The van der Waals surface area contributed by atoms with Gasteiger partial charge in [0, 0.05) is 57.3 Å². The zero-order chi connectivity index (χ0) is 44.2. The van der Waals surface area contributed by atoms with E-state index in [1.807, 2.05) is 46.7 Å². The van der Waals surface area contributed by atoms with Crippen LogP contribution in [0.4, 0.5) is 10.5 Å². The Kier molecular flexibility index (Phi) is 21.1. The molecule has 332 valence electrons. The van der Waals surface area contributed by atoms with Gasteiger partial charge >= 0.3 is 12.1 Å². The highest BCUT2D eigenvalue weighted by molar-refractivity contribution is 5.93. The molecule has 19 nitrogen and oxygen atoms in total. The largest absolute Gasteiger partial charge is 0.479 e. The molecule has 1 saturated heterocycles. The summed E-state index contributed by atoms with van der Waals surface area (Å²) in [5.74, 6) is 4.78. The van der Waals surface area contributed by atoms with Crippen molar-refractivity contribution in [2.24, 2.45) is 5.92 Å². The average molecular weight is 845 g/mol. The maximum atomic E-state index is 13.0. The van der Waals surface area contributed by atoms with Gasteiger partial charge in [-0.3, -0.25) is 9.59 Å².